The van der Waals surface area contributed by atoms with Crippen LogP contribution >= 0.6 is 0 Å². The van der Waals surface area contributed by atoms with Crippen molar-refractivity contribution in [2.24, 2.45) is 5.73 Å². The Kier molecular flexibility index (Phi) is 3.93. The molecule has 2 N–H and O–H groups in total. The van der Waals surface area contributed by atoms with Crippen molar-refractivity contribution in [1.29, 1.82) is 0 Å². The summed E-state index contributed by atoms with van der Waals surface area (Å²) in [5.74, 6) is 2.12. The maximum atomic E-state index is 6.38. The van der Waals surface area contributed by atoms with E-state index in [0.717, 1.165) is 31.1 Å². The zero-order valence-electron chi connectivity index (χ0n) is 13.2. The third kappa shape index (κ3) is 3.05. The van der Waals surface area contributed by atoms with Gasteiger partial charge in [0.2, 0.25) is 0 Å². The molecule has 0 radical (unpaired) electrons. The SMILES string of the molecule is N[C@@H]1CN(Cc2ccc3c(c2)OCCO3)C[C@H]1c1ccccc1. The second-order valence-corrected chi connectivity index (χ2v) is 6.35. The van der Waals surface area contributed by atoms with E-state index in [2.05, 4.69) is 47.4 Å². The Labute approximate surface area is 136 Å². The summed E-state index contributed by atoms with van der Waals surface area (Å²) in [4.78, 5) is 2.42. The van der Waals surface area contributed by atoms with E-state index in [9.17, 15) is 0 Å². The molecule has 0 amide bonds. The number of ether oxygens (including phenoxy) is 2. The third-order valence-electron chi connectivity index (χ3n) is 4.68. The summed E-state index contributed by atoms with van der Waals surface area (Å²) in [5, 5.41) is 0. The van der Waals surface area contributed by atoms with Crippen LogP contribution in [0.15, 0.2) is 48.5 Å². The van der Waals surface area contributed by atoms with Gasteiger partial charge in [0.25, 0.3) is 0 Å². The molecule has 0 bridgehead atoms. The van der Waals surface area contributed by atoms with Gasteiger partial charge in [-0.1, -0.05) is 36.4 Å². The number of hydrogen-bond donors (Lipinski definition) is 1. The molecule has 2 heterocycles. The number of nitrogens with two attached hydrogens (primary N) is 1. The largest absolute Gasteiger partial charge is 0.486 e. The van der Waals surface area contributed by atoms with Crippen molar-refractivity contribution < 1.29 is 9.47 Å². The van der Waals surface area contributed by atoms with Gasteiger partial charge in [-0.25, -0.2) is 0 Å². The fourth-order valence-electron chi connectivity index (χ4n) is 3.54. The maximum Gasteiger partial charge on any atom is 0.161 e. The lowest BCUT2D eigenvalue weighted by Crippen LogP contribution is -2.28. The molecule has 1 saturated heterocycles. The highest BCUT2D eigenvalue weighted by Gasteiger charge is 2.31. The zero-order chi connectivity index (χ0) is 15.6. The van der Waals surface area contributed by atoms with Crippen molar-refractivity contribution in [2.45, 2.75) is 18.5 Å². The van der Waals surface area contributed by atoms with Crippen LogP contribution in [0.25, 0.3) is 0 Å². The van der Waals surface area contributed by atoms with Crippen molar-refractivity contribution in [2.75, 3.05) is 26.3 Å². The molecule has 0 aromatic heterocycles. The molecular weight excluding hydrogens is 288 g/mol. The molecule has 0 unspecified atom stereocenters. The molecular formula is C19H22N2O2. The van der Waals surface area contributed by atoms with Gasteiger partial charge in [0.05, 0.1) is 0 Å². The van der Waals surface area contributed by atoms with Crippen LogP contribution in [0, 0.1) is 0 Å². The Morgan fingerprint density at radius 1 is 0.957 bits per heavy atom. The van der Waals surface area contributed by atoms with Crippen molar-refractivity contribution in [3.05, 3.63) is 59.7 Å². The van der Waals surface area contributed by atoms with Crippen molar-refractivity contribution in [1.82, 2.24) is 4.90 Å². The summed E-state index contributed by atoms with van der Waals surface area (Å²) < 4.78 is 11.3. The fraction of sp³-hybridized carbons (Fsp3) is 0.368. The molecule has 2 aromatic carbocycles. The first-order chi connectivity index (χ1) is 11.3. The second kappa shape index (κ2) is 6.22. The van der Waals surface area contributed by atoms with Gasteiger partial charge in [0, 0.05) is 31.6 Å². The molecule has 0 saturated carbocycles. The normalized spacial score (nSPS) is 23.9. The molecule has 2 aliphatic rings. The first-order valence-corrected chi connectivity index (χ1v) is 8.21. The smallest absolute Gasteiger partial charge is 0.161 e. The van der Waals surface area contributed by atoms with Crippen LogP contribution in [0.3, 0.4) is 0 Å². The minimum atomic E-state index is 0.189. The molecule has 4 rings (SSSR count). The Hall–Kier alpha value is -2.04. The number of hydrogen-bond acceptors (Lipinski definition) is 4. The Balaban J connectivity index is 1.46. The Morgan fingerprint density at radius 3 is 2.57 bits per heavy atom. The van der Waals surface area contributed by atoms with Gasteiger partial charge in [-0.15, -0.1) is 0 Å². The summed E-state index contributed by atoms with van der Waals surface area (Å²) in [6, 6.07) is 17.0. The predicted molar refractivity (Wildman–Crippen MR) is 89.9 cm³/mol. The molecule has 23 heavy (non-hydrogen) atoms. The van der Waals surface area contributed by atoms with Gasteiger partial charge in [-0.3, -0.25) is 4.90 Å². The van der Waals surface area contributed by atoms with Gasteiger partial charge in [0.1, 0.15) is 13.2 Å². The highest BCUT2D eigenvalue weighted by atomic mass is 16.6. The van der Waals surface area contributed by atoms with Crippen molar-refractivity contribution in [3.8, 4) is 11.5 Å². The average molecular weight is 310 g/mol. The monoisotopic (exact) mass is 310 g/mol. The fourth-order valence-corrected chi connectivity index (χ4v) is 3.54. The van der Waals surface area contributed by atoms with Crippen LogP contribution in [0.5, 0.6) is 11.5 Å². The van der Waals surface area contributed by atoms with Crippen LogP contribution in [-0.2, 0) is 6.54 Å². The molecule has 0 spiro atoms. The average Bonchev–Trinajstić information content (AvgIpc) is 2.96. The van der Waals surface area contributed by atoms with E-state index >= 15 is 0 Å². The second-order valence-electron chi connectivity index (χ2n) is 6.35. The van der Waals surface area contributed by atoms with Gasteiger partial charge >= 0.3 is 0 Å². The van der Waals surface area contributed by atoms with Crippen LogP contribution in [-0.4, -0.2) is 37.2 Å². The molecule has 2 aromatic rings. The van der Waals surface area contributed by atoms with Crippen LogP contribution < -0.4 is 15.2 Å². The van der Waals surface area contributed by atoms with Crippen LogP contribution in [0.2, 0.25) is 0 Å². The summed E-state index contributed by atoms with van der Waals surface area (Å²) in [7, 11) is 0. The highest BCUT2D eigenvalue weighted by molar-refractivity contribution is 5.43. The van der Waals surface area contributed by atoms with E-state index < -0.39 is 0 Å². The van der Waals surface area contributed by atoms with E-state index in [-0.39, 0.29) is 6.04 Å². The Bertz CT molecular complexity index is 674. The topological polar surface area (TPSA) is 47.7 Å². The zero-order valence-corrected chi connectivity index (χ0v) is 13.2. The van der Waals surface area contributed by atoms with E-state index in [0.29, 0.717) is 19.1 Å². The lowest BCUT2D eigenvalue weighted by atomic mass is 9.95. The lowest BCUT2D eigenvalue weighted by Gasteiger charge is -2.21. The standard InChI is InChI=1S/C19H22N2O2/c20-17-13-21(12-16(17)15-4-2-1-3-5-15)11-14-6-7-18-19(10-14)23-9-8-22-18/h1-7,10,16-17H,8-9,11-13,20H2/t16-,17+/m0/s1. The van der Waals surface area contributed by atoms with Gasteiger partial charge < -0.3 is 15.2 Å². The number of benzene rings is 2. The number of fused-ring (bicyclic) bond motifs is 1. The third-order valence-corrected chi connectivity index (χ3v) is 4.68. The Morgan fingerprint density at radius 2 is 1.74 bits per heavy atom. The van der Waals surface area contributed by atoms with E-state index in [1.165, 1.54) is 11.1 Å². The summed E-state index contributed by atoms with van der Waals surface area (Å²) in [6.07, 6.45) is 0. The van der Waals surface area contributed by atoms with E-state index in [4.69, 9.17) is 15.2 Å². The van der Waals surface area contributed by atoms with Gasteiger partial charge in [-0.2, -0.15) is 0 Å². The highest BCUT2D eigenvalue weighted by Crippen LogP contribution is 2.32. The van der Waals surface area contributed by atoms with Crippen LogP contribution in [0.4, 0.5) is 0 Å². The first kappa shape index (κ1) is 14.5. The minimum Gasteiger partial charge on any atom is -0.486 e. The summed E-state index contributed by atoms with van der Waals surface area (Å²) in [6.45, 7) is 4.08. The van der Waals surface area contributed by atoms with Crippen molar-refractivity contribution in [3.63, 3.8) is 0 Å². The predicted octanol–water partition coefficient (Wildman–Crippen LogP) is 2.38. The number of likely N-dealkylation sites (tertiary alicyclic amines) is 1. The lowest BCUT2D eigenvalue weighted by molar-refractivity contribution is 0.171. The van der Waals surface area contributed by atoms with E-state index in [1.807, 2.05) is 6.07 Å². The molecule has 0 aliphatic carbocycles. The first-order valence-electron chi connectivity index (χ1n) is 8.21. The molecule has 1 fully saturated rings. The molecule has 2 aliphatic heterocycles. The summed E-state index contributed by atoms with van der Waals surface area (Å²) in [5.41, 5.74) is 8.96. The molecule has 120 valence electrons. The minimum absolute atomic E-state index is 0.189. The molecule has 4 nitrogen and oxygen atoms in total. The number of rotatable bonds is 3. The van der Waals surface area contributed by atoms with Gasteiger partial charge in [-0.05, 0) is 23.3 Å². The summed E-state index contributed by atoms with van der Waals surface area (Å²) >= 11 is 0. The van der Waals surface area contributed by atoms with Gasteiger partial charge in [0.15, 0.2) is 11.5 Å². The number of nitrogens with zero attached hydrogens (tertiary/aromatic N) is 1. The van der Waals surface area contributed by atoms with Crippen molar-refractivity contribution >= 4 is 0 Å². The van der Waals surface area contributed by atoms with E-state index in [1.54, 1.807) is 0 Å². The molecule has 2 atom stereocenters. The molecule has 4 heteroatoms. The quantitative estimate of drug-likeness (QED) is 0.945. The van der Waals surface area contributed by atoms with Crippen LogP contribution in [0.1, 0.15) is 17.0 Å². The maximum absolute atomic E-state index is 6.38.